The van der Waals surface area contributed by atoms with Gasteiger partial charge in [0.1, 0.15) is 10.9 Å². The number of aryl methyl sites for hydroxylation is 2. The predicted molar refractivity (Wildman–Crippen MR) is 107 cm³/mol. The number of benzene rings is 2. The molecule has 0 spiro atoms. The lowest BCUT2D eigenvalue weighted by atomic mass is 10.1. The zero-order valence-corrected chi connectivity index (χ0v) is 15.0. The molecule has 2 heterocycles. The molecular weight excluding hydrogens is 366 g/mol. The molecule has 4 aromatic rings. The molecule has 0 aliphatic rings. The number of hydrogen-bond donors (Lipinski definition) is 2. The van der Waals surface area contributed by atoms with Crippen LogP contribution in [0.5, 0.6) is 0 Å². The lowest BCUT2D eigenvalue weighted by Gasteiger charge is -2.08. The number of pyridine rings is 1. The average molecular weight is 382 g/mol. The number of halogens is 1. The smallest absolute Gasteiger partial charge is 0.287 e. The normalized spacial score (nSPS) is 11.3. The molecule has 0 aliphatic heterocycles. The van der Waals surface area contributed by atoms with Crippen molar-refractivity contribution >= 4 is 33.4 Å². The van der Waals surface area contributed by atoms with E-state index in [1.807, 2.05) is 30.3 Å². The molecule has 0 saturated carbocycles. The molecule has 136 valence electrons. The van der Waals surface area contributed by atoms with E-state index in [4.69, 9.17) is 11.6 Å². The highest BCUT2D eigenvalue weighted by atomic mass is 35.5. The van der Waals surface area contributed by atoms with E-state index >= 15 is 0 Å². The third kappa shape index (κ3) is 3.19. The average Bonchev–Trinajstić information content (AvgIpc) is 2.66. The van der Waals surface area contributed by atoms with Crippen molar-refractivity contribution in [2.24, 2.45) is 0 Å². The van der Waals surface area contributed by atoms with Gasteiger partial charge in [-0.2, -0.15) is 0 Å². The number of rotatable bonds is 4. The molecule has 2 aromatic heterocycles. The summed E-state index contributed by atoms with van der Waals surface area (Å²) in [4.78, 5) is 40.9. The van der Waals surface area contributed by atoms with Crippen LogP contribution in [0.1, 0.15) is 12.0 Å². The zero-order valence-electron chi connectivity index (χ0n) is 14.3. The second kappa shape index (κ2) is 6.89. The summed E-state index contributed by atoms with van der Waals surface area (Å²) in [6.45, 7) is 0.316. The summed E-state index contributed by atoms with van der Waals surface area (Å²) in [5.74, 6) is 0. The summed E-state index contributed by atoms with van der Waals surface area (Å²) in [6, 6.07) is 14.6. The number of nitrogens with zero attached hydrogens (tertiary/aromatic N) is 1. The van der Waals surface area contributed by atoms with E-state index in [0.29, 0.717) is 28.9 Å². The number of hydrogen-bond acceptors (Lipinski definition) is 3. The molecule has 6 nitrogen and oxygen atoms in total. The fourth-order valence-corrected chi connectivity index (χ4v) is 3.42. The Morgan fingerprint density at radius 1 is 1.00 bits per heavy atom. The third-order valence-corrected chi connectivity index (χ3v) is 4.81. The summed E-state index contributed by atoms with van der Waals surface area (Å²) < 4.78 is 1.21. The number of fused-ring (bicyclic) bond motifs is 2. The molecule has 0 fully saturated rings. The molecular formula is C20H16ClN3O3. The van der Waals surface area contributed by atoms with Gasteiger partial charge in [0.05, 0.1) is 5.52 Å². The van der Waals surface area contributed by atoms with Crippen LogP contribution in [0, 0.1) is 0 Å². The highest BCUT2D eigenvalue weighted by Gasteiger charge is 2.14. The van der Waals surface area contributed by atoms with E-state index in [9.17, 15) is 14.4 Å². The fourth-order valence-electron chi connectivity index (χ4n) is 3.25. The van der Waals surface area contributed by atoms with Crippen molar-refractivity contribution in [3.05, 3.63) is 90.0 Å². The topological polar surface area (TPSA) is 87.7 Å². The van der Waals surface area contributed by atoms with Crippen LogP contribution in [0.15, 0.2) is 62.9 Å². The minimum Gasteiger partial charge on any atom is -0.350 e. The van der Waals surface area contributed by atoms with Gasteiger partial charge < -0.3 is 4.98 Å². The molecule has 2 aromatic carbocycles. The molecule has 7 heteroatoms. The summed E-state index contributed by atoms with van der Waals surface area (Å²) >= 11 is 5.95. The first kappa shape index (κ1) is 17.3. The first-order valence-electron chi connectivity index (χ1n) is 8.57. The Bertz CT molecular complexity index is 1320. The SMILES string of the molecule is O=c1[nH]n(CCCc2ccccc2)c(=O)c2c(=O)c3ccc(Cl)cc3[nH]c12. The minimum atomic E-state index is -0.511. The van der Waals surface area contributed by atoms with Crippen molar-refractivity contribution in [1.29, 1.82) is 0 Å². The monoisotopic (exact) mass is 381 g/mol. The van der Waals surface area contributed by atoms with Gasteiger partial charge >= 0.3 is 0 Å². The molecule has 0 amide bonds. The summed E-state index contributed by atoms with van der Waals surface area (Å²) in [7, 11) is 0. The highest BCUT2D eigenvalue weighted by molar-refractivity contribution is 6.31. The first-order chi connectivity index (χ1) is 13.0. The summed E-state index contributed by atoms with van der Waals surface area (Å²) in [5.41, 5.74) is 0.0579. The Labute approximate surface area is 158 Å². The Balaban J connectivity index is 1.78. The van der Waals surface area contributed by atoms with Gasteiger partial charge in [-0.15, -0.1) is 0 Å². The predicted octanol–water partition coefficient (Wildman–Crippen LogP) is 2.82. The van der Waals surface area contributed by atoms with Gasteiger partial charge in [0.2, 0.25) is 5.43 Å². The number of aromatic amines is 2. The van der Waals surface area contributed by atoms with E-state index < -0.39 is 16.5 Å². The molecule has 0 atom stereocenters. The van der Waals surface area contributed by atoms with Gasteiger partial charge in [0, 0.05) is 17.0 Å². The standard InChI is InChI=1S/C20H16ClN3O3/c21-13-8-9-14-15(11-13)22-17-16(18(14)25)20(27)24(23-19(17)26)10-4-7-12-5-2-1-3-6-12/h1-3,5-6,8-9,11H,4,7,10H2,(H,22,25)(H,23,26). The molecule has 0 radical (unpaired) electrons. The van der Waals surface area contributed by atoms with E-state index in [1.54, 1.807) is 18.2 Å². The Morgan fingerprint density at radius 3 is 2.56 bits per heavy atom. The second-order valence-corrected chi connectivity index (χ2v) is 6.82. The number of aromatic nitrogens is 3. The van der Waals surface area contributed by atoms with Crippen LogP contribution in [-0.4, -0.2) is 14.8 Å². The lowest BCUT2D eigenvalue weighted by molar-refractivity contribution is 0.547. The zero-order chi connectivity index (χ0) is 19.0. The van der Waals surface area contributed by atoms with Crippen LogP contribution in [0.4, 0.5) is 0 Å². The van der Waals surface area contributed by atoms with E-state index in [0.717, 1.165) is 12.0 Å². The minimum absolute atomic E-state index is 0.0286. The van der Waals surface area contributed by atoms with Crippen molar-refractivity contribution in [2.45, 2.75) is 19.4 Å². The van der Waals surface area contributed by atoms with Crippen molar-refractivity contribution in [3.8, 4) is 0 Å². The third-order valence-electron chi connectivity index (χ3n) is 4.58. The fraction of sp³-hybridized carbons (Fsp3) is 0.150. The Hall–Kier alpha value is -3.12. The maximum Gasteiger partial charge on any atom is 0.287 e. The van der Waals surface area contributed by atoms with Gasteiger partial charge in [-0.3, -0.25) is 19.5 Å². The summed E-state index contributed by atoms with van der Waals surface area (Å²) in [6.07, 6.45) is 1.42. The molecule has 0 unspecified atom stereocenters. The van der Waals surface area contributed by atoms with E-state index in [-0.39, 0.29) is 10.9 Å². The maximum atomic E-state index is 12.8. The van der Waals surface area contributed by atoms with E-state index in [2.05, 4.69) is 10.1 Å². The maximum absolute atomic E-state index is 12.8. The van der Waals surface area contributed by atoms with Gasteiger partial charge in [0.25, 0.3) is 11.1 Å². The molecule has 0 bridgehead atoms. The van der Waals surface area contributed by atoms with Crippen LogP contribution < -0.4 is 16.5 Å². The summed E-state index contributed by atoms with van der Waals surface area (Å²) in [5, 5.41) is 3.18. The van der Waals surface area contributed by atoms with Crippen LogP contribution >= 0.6 is 11.6 Å². The Morgan fingerprint density at radius 2 is 1.78 bits per heavy atom. The van der Waals surface area contributed by atoms with Crippen molar-refractivity contribution < 1.29 is 0 Å². The van der Waals surface area contributed by atoms with Crippen LogP contribution in [0.2, 0.25) is 5.02 Å². The van der Waals surface area contributed by atoms with Gasteiger partial charge in [0.15, 0.2) is 0 Å². The lowest BCUT2D eigenvalue weighted by Crippen LogP contribution is -2.33. The largest absolute Gasteiger partial charge is 0.350 e. The first-order valence-corrected chi connectivity index (χ1v) is 8.95. The molecule has 2 N–H and O–H groups in total. The van der Waals surface area contributed by atoms with Crippen LogP contribution in [-0.2, 0) is 13.0 Å². The van der Waals surface area contributed by atoms with Crippen LogP contribution in [0.3, 0.4) is 0 Å². The highest BCUT2D eigenvalue weighted by Crippen LogP contribution is 2.16. The van der Waals surface area contributed by atoms with Gasteiger partial charge in [-0.1, -0.05) is 41.9 Å². The van der Waals surface area contributed by atoms with Crippen LogP contribution in [0.25, 0.3) is 21.8 Å². The second-order valence-electron chi connectivity index (χ2n) is 6.38. The van der Waals surface area contributed by atoms with E-state index in [1.165, 1.54) is 4.68 Å². The number of H-pyrrole nitrogens is 2. The quantitative estimate of drug-likeness (QED) is 0.533. The molecule has 27 heavy (non-hydrogen) atoms. The Kier molecular flexibility index (Phi) is 4.41. The molecule has 0 saturated heterocycles. The number of nitrogens with one attached hydrogen (secondary N) is 2. The van der Waals surface area contributed by atoms with Crippen molar-refractivity contribution in [1.82, 2.24) is 14.8 Å². The van der Waals surface area contributed by atoms with Crippen molar-refractivity contribution in [2.75, 3.05) is 0 Å². The molecule has 4 rings (SSSR count). The van der Waals surface area contributed by atoms with Gasteiger partial charge in [-0.05, 0) is 36.6 Å². The molecule has 0 aliphatic carbocycles. The van der Waals surface area contributed by atoms with Crippen molar-refractivity contribution in [3.63, 3.8) is 0 Å². The van der Waals surface area contributed by atoms with Gasteiger partial charge in [-0.25, -0.2) is 4.68 Å².